The molecule has 0 unspecified atom stereocenters. The Morgan fingerprint density at radius 3 is 2.45 bits per heavy atom. The third kappa shape index (κ3) is 4.59. The molecule has 0 radical (unpaired) electrons. The Morgan fingerprint density at radius 2 is 1.66 bits per heavy atom. The van der Waals surface area contributed by atoms with Crippen LogP contribution in [-0.2, 0) is 11.3 Å². The largest absolute Gasteiger partial charge is 0.396 e. The number of pyridine rings is 3. The van der Waals surface area contributed by atoms with Crippen molar-refractivity contribution in [3.05, 3.63) is 76.3 Å². The highest BCUT2D eigenvalue weighted by Crippen LogP contribution is 2.24. The quantitative estimate of drug-likeness (QED) is 0.126. The second-order valence-corrected chi connectivity index (χ2v) is 7.74. The summed E-state index contributed by atoms with van der Waals surface area (Å²) in [6.45, 7) is 4.40. The summed E-state index contributed by atoms with van der Waals surface area (Å²) < 4.78 is 0.814. The predicted octanol–water partition coefficient (Wildman–Crippen LogP) is 5.62. The van der Waals surface area contributed by atoms with Gasteiger partial charge >= 0.3 is 0 Å². The van der Waals surface area contributed by atoms with Gasteiger partial charge in [-0.15, -0.1) is 0 Å². The van der Waals surface area contributed by atoms with E-state index >= 15 is 0 Å². The van der Waals surface area contributed by atoms with E-state index in [1.54, 1.807) is 0 Å². The Labute approximate surface area is 178 Å². The van der Waals surface area contributed by atoms with Crippen LogP contribution in [0.5, 0.6) is 0 Å². The van der Waals surface area contributed by atoms with E-state index in [-0.39, 0.29) is 0 Å². The maximum Gasteiger partial charge on any atom is 0.117 e. The number of benzene rings is 1. The number of aryl methyl sites for hydroxylation is 2. The monoisotopic (exact) mass is 448 g/mol. The lowest BCUT2D eigenvalue weighted by Gasteiger charge is -2.06. The summed E-state index contributed by atoms with van der Waals surface area (Å²) in [7, 11) is 0. The number of nitrogens with zero attached hydrogens (tertiary/aromatic N) is 4. The van der Waals surface area contributed by atoms with E-state index in [0.29, 0.717) is 6.61 Å². The molecule has 0 aliphatic carbocycles. The van der Waals surface area contributed by atoms with E-state index in [4.69, 9.17) is 9.82 Å². The van der Waals surface area contributed by atoms with Gasteiger partial charge in [-0.2, -0.15) is 0 Å². The van der Waals surface area contributed by atoms with Crippen LogP contribution >= 0.6 is 15.9 Å². The van der Waals surface area contributed by atoms with Gasteiger partial charge in [-0.25, -0.2) is 4.98 Å². The molecule has 0 spiro atoms. The van der Waals surface area contributed by atoms with E-state index < -0.39 is 0 Å². The first kappa shape index (κ1) is 19.5. The van der Waals surface area contributed by atoms with Crippen molar-refractivity contribution in [2.75, 3.05) is 6.61 Å². The smallest absolute Gasteiger partial charge is 0.117 e. The summed E-state index contributed by atoms with van der Waals surface area (Å²) in [6.07, 6.45) is 1.65. The average molecular weight is 449 g/mol. The maximum atomic E-state index is 5.49. The molecule has 0 aliphatic rings. The minimum atomic E-state index is 0.530. The number of oxime groups is 1. The first-order valence-corrected chi connectivity index (χ1v) is 10.3. The van der Waals surface area contributed by atoms with Crippen molar-refractivity contribution in [2.24, 2.45) is 5.16 Å². The van der Waals surface area contributed by atoms with E-state index in [1.165, 1.54) is 0 Å². The summed E-state index contributed by atoms with van der Waals surface area (Å²) in [5, 5.41) is 6.36. The molecular weight excluding hydrogens is 428 g/mol. The summed E-state index contributed by atoms with van der Waals surface area (Å²) >= 11 is 3.46. The van der Waals surface area contributed by atoms with Gasteiger partial charge in [-0.05, 0) is 66.9 Å². The highest BCUT2D eigenvalue weighted by Gasteiger charge is 2.06. The van der Waals surface area contributed by atoms with Crippen LogP contribution in [-0.4, -0.2) is 27.3 Å². The standard InChI is InChI=1S/C23H21BrN4O/c1-15-5-3-7-20(25-15)16(2)28-29-14-4-6-19-12-10-17-8-9-18-11-13-21(24)27-23(18)22(17)26-19/h3,5,7-13H,4,6,14H2,1-2H3/b28-16+. The average Bonchev–Trinajstić information content (AvgIpc) is 2.73. The normalized spacial score (nSPS) is 11.9. The van der Waals surface area contributed by atoms with Crippen LogP contribution < -0.4 is 0 Å². The third-order valence-electron chi connectivity index (χ3n) is 4.67. The zero-order valence-corrected chi connectivity index (χ0v) is 18.0. The molecular formula is C23H21BrN4O. The van der Waals surface area contributed by atoms with Crippen LogP contribution in [0.15, 0.2) is 64.4 Å². The van der Waals surface area contributed by atoms with Crippen molar-refractivity contribution in [1.82, 2.24) is 15.0 Å². The molecule has 0 saturated heterocycles. The second kappa shape index (κ2) is 8.66. The fourth-order valence-corrected chi connectivity index (χ4v) is 3.48. The fraction of sp³-hybridized carbons (Fsp3) is 0.217. The van der Waals surface area contributed by atoms with Crippen LogP contribution in [0.4, 0.5) is 0 Å². The Kier molecular flexibility index (Phi) is 5.81. The molecule has 3 heterocycles. The number of hydrogen-bond acceptors (Lipinski definition) is 5. The van der Waals surface area contributed by atoms with E-state index in [2.05, 4.69) is 61.4 Å². The highest BCUT2D eigenvalue weighted by atomic mass is 79.9. The first-order valence-electron chi connectivity index (χ1n) is 9.56. The molecule has 0 saturated carbocycles. The maximum absolute atomic E-state index is 5.49. The molecule has 0 bridgehead atoms. The van der Waals surface area contributed by atoms with Crippen LogP contribution in [0, 0.1) is 6.92 Å². The second-order valence-electron chi connectivity index (χ2n) is 6.92. The minimum absolute atomic E-state index is 0.530. The molecule has 6 heteroatoms. The lowest BCUT2D eigenvalue weighted by Crippen LogP contribution is -2.02. The molecule has 4 rings (SSSR count). The van der Waals surface area contributed by atoms with Gasteiger partial charge in [0, 0.05) is 22.2 Å². The van der Waals surface area contributed by atoms with Crippen molar-refractivity contribution in [3.8, 4) is 0 Å². The predicted molar refractivity (Wildman–Crippen MR) is 120 cm³/mol. The van der Waals surface area contributed by atoms with Crippen LogP contribution in [0.25, 0.3) is 21.8 Å². The van der Waals surface area contributed by atoms with E-state index in [1.807, 2.05) is 38.1 Å². The zero-order chi connectivity index (χ0) is 20.2. The Bertz CT molecular complexity index is 1210. The van der Waals surface area contributed by atoms with Crippen molar-refractivity contribution < 1.29 is 4.84 Å². The van der Waals surface area contributed by atoms with Gasteiger partial charge < -0.3 is 4.84 Å². The summed E-state index contributed by atoms with van der Waals surface area (Å²) in [5.41, 5.74) is 5.46. The molecule has 146 valence electrons. The Hall–Kier alpha value is -2.86. The van der Waals surface area contributed by atoms with Gasteiger partial charge in [-0.1, -0.05) is 35.5 Å². The number of halogens is 1. The van der Waals surface area contributed by atoms with Gasteiger partial charge in [0.2, 0.25) is 0 Å². The van der Waals surface area contributed by atoms with Crippen molar-refractivity contribution in [1.29, 1.82) is 0 Å². The zero-order valence-electron chi connectivity index (χ0n) is 16.4. The van der Waals surface area contributed by atoms with Crippen LogP contribution in [0.3, 0.4) is 0 Å². The molecule has 5 nitrogen and oxygen atoms in total. The molecule has 0 aliphatic heterocycles. The van der Waals surface area contributed by atoms with Gasteiger partial charge in [0.05, 0.1) is 16.7 Å². The molecule has 0 N–H and O–H groups in total. The van der Waals surface area contributed by atoms with Gasteiger partial charge in [0.15, 0.2) is 0 Å². The highest BCUT2D eigenvalue weighted by molar-refractivity contribution is 9.10. The third-order valence-corrected chi connectivity index (χ3v) is 5.11. The van der Waals surface area contributed by atoms with Crippen molar-refractivity contribution >= 4 is 43.4 Å². The van der Waals surface area contributed by atoms with Crippen molar-refractivity contribution in [2.45, 2.75) is 26.7 Å². The molecule has 0 fully saturated rings. The molecule has 29 heavy (non-hydrogen) atoms. The SMILES string of the molecule is C/C(=N\OCCCc1ccc2ccc3ccc(Br)nc3c2n1)c1cccc(C)n1. The minimum Gasteiger partial charge on any atom is -0.396 e. The fourth-order valence-electron chi connectivity index (χ4n) is 3.18. The molecule has 0 amide bonds. The Morgan fingerprint density at radius 1 is 0.931 bits per heavy atom. The summed E-state index contributed by atoms with van der Waals surface area (Å²) in [4.78, 5) is 19.4. The molecule has 1 aromatic carbocycles. The Balaban J connectivity index is 1.41. The summed E-state index contributed by atoms with van der Waals surface area (Å²) in [6, 6.07) is 18.2. The van der Waals surface area contributed by atoms with E-state index in [0.717, 1.165) is 62.0 Å². The lowest BCUT2D eigenvalue weighted by molar-refractivity contribution is 0.141. The number of aromatic nitrogens is 3. The summed E-state index contributed by atoms with van der Waals surface area (Å²) in [5.74, 6) is 0. The number of fused-ring (bicyclic) bond motifs is 3. The molecule has 4 aromatic rings. The van der Waals surface area contributed by atoms with Crippen LogP contribution in [0.1, 0.15) is 30.4 Å². The van der Waals surface area contributed by atoms with Gasteiger partial charge in [0.25, 0.3) is 0 Å². The number of hydrogen-bond donors (Lipinski definition) is 0. The first-order chi connectivity index (χ1) is 14.1. The van der Waals surface area contributed by atoms with E-state index in [9.17, 15) is 0 Å². The molecule has 3 aromatic heterocycles. The van der Waals surface area contributed by atoms with Gasteiger partial charge in [0.1, 0.15) is 16.9 Å². The van der Waals surface area contributed by atoms with Crippen LogP contribution in [0.2, 0.25) is 0 Å². The lowest BCUT2D eigenvalue weighted by atomic mass is 10.1. The topological polar surface area (TPSA) is 60.3 Å². The molecule has 0 atom stereocenters. The number of rotatable bonds is 6. The van der Waals surface area contributed by atoms with Crippen molar-refractivity contribution in [3.63, 3.8) is 0 Å². The van der Waals surface area contributed by atoms with Gasteiger partial charge in [-0.3, -0.25) is 9.97 Å².